The lowest BCUT2D eigenvalue weighted by molar-refractivity contribution is 0.00914. The van der Waals surface area contributed by atoms with Crippen molar-refractivity contribution in [2.75, 3.05) is 6.54 Å². The first-order chi connectivity index (χ1) is 6.68. The van der Waals surface area contributed by atoms with Crippen molar-refractivity contribution in [1.82, 2.24) is 10.3 Å². The van der Waals surface area contributed by atoms with E-state index in [0.29, 0.717) is 12.6 Å². The van der Waals surface area contributed by atoms with Gasteiger partial charge in [0, 0.05) is 30.1 Å². The Bertz CT molecular complexity index is 278. The van der Waals surface area contributed by atoms with Crippen molar-refractivity contribution in [1.29, 1.82) is 0 Å². The predicted molar refractivity (Wildman–Crippen MR) is 57.5 cm³/mol. The topological polar surface area (TPSA) is 45.2 Å². The molecule has 1 aliphatic rings. The Balaban J connectivity index is 1.96. The van der Waals surface area contributed by atoms with Gasteiger partial charge in [-0.2, -0.15) is 0 Å². The SMILES string of the molecule is CC1CCC(O)(Cc2cncs2)CN1. The highest BCUT2D eigenvalue weighted by atomic mass is 32.1. The minimum absolute atomic E-state index is 0.539. The van der Waals surface area contributed by atoms with E-state index in [1.807, 2.05) is 11.7 Å². The molecule has 0 aliphatic carbocycles. The molecule has 2 unspecified atom stereocenters. The Morgan fingerprint density at radius 3 is 3.21 bits per heavy atom. The Morgan fingerprint density at radius 2 is 2.64 bits per heavy atom. The van der Waals surface area contributed by atoms with Crippen LogP contribution in [0.2, 0.25) is 0 Å². The van der Waals surface area contributed by atoms with Crippen LogP contribution in [0.25, 0.3) is 0 Å². The van der Waals surface area contributed by atoms with Gasteiger partial charge >= 0.3 is 0 Å². The van der Waals surface area contributed by atoms with Gasteiger partial charge < -0.3 is 10.4 Å². The molecule has 1 aromatic heterocycles. The average Bonchev–Trinajstić information content (AvgIpc) is 2.63. The zero-order valence-electron chi connectivity index (χ0n) is 8.36. The van der Waals surface area contributed by atoms with Gasteiger partial charge in [-0.3, -0.25) is 4.98 Å². The zero-order valence-corrected chi connectivity index (χ0v) is 9.18. The van der Waals surface area contributed by atoms with Gasteiger partial charge in [0.25, 0.3) is 0 Å². The highest BCUT2D eigenvalue weighted by molar-refractivity contribution is 7.09. The molecule has 1 fully saturated rings. The number of piperidine rings is 1. The molecule has 1 aromatic rings. The fourth-order valence-corrected chi connectivity index (χ4v) is 2.58. The number of nitrogens with one attached hydrogen (secondary N) is 1. The van der Waals surface area contributed by atoms with E-state index >= 15 is 0 Å². The molecule has 0 amide bonds. The summed E-state index contributed by atoms with van der Waals surface area (Å²) in [7, 11) is 0. The first-order valence-corrected chi connectivity index (χ1v) is 5.89. The predicted octanol–water partition coefficient (Wildman–Crippen LogP) is 1.19. The highest BCUT2D eigenvalue weighted by Crippen LogP contribution is 2.24. The molecule has 1 aliphatic heterocycles. The second-order valence-electron chi connectivity index (χ2n) is 4.19. The van der Waals surface area contributed by atoms with Crippen LogP contribution in [0.15, 0.2) is 11.7 Å². The fourth-order valence-electron chi connectivity index (χ4n) is 1.84. The summed E-state index contributed by atoms with van der Waals surface area (Å²) in [5, 5.41) is 13.6. The van der Waals surface area contributed by atoms with E-state index in [1.54, 1.807) is 11.3 Å². The standard InChI is InChI=1S/C10H16N2OS/c1-8-2-3-10(13,6-12-8)4-9-5-11-7-14-9/h5,7-8,12-13H,2-4,6H2,1H3. The van der Waals surface area contributed by atoms with Crippen LogP contribution in [-0.2, 0) is 6.42 Å². The summed E-state index contributed by atoms with van der Waals surface area (Å²) < 4.78 is 0. The van der Waals surface area contributed by atoms with Crippen LogP contribution in [0.4, 0.5) is 0 Å². The molecule has 1 saturated heterocycles. The van der Waals surface area contributed by atoms with E-state index in [9.17, 15) is 5.11 Å². The molecule has 2 rings (SSSR count). The lowest BCUT2D eigenvalue weighted by Crippen LogP contribution is -2.50. The third-order valence-corrected chi connectivity index (χ3v) is 3.59. The minimum Gasteiger partial charge on any atom is -0.388 e. The van der Waals surface area contributed by atoms with Crippen molar-refractivity contribution in [3.8, 4) is 0 Å². The zero-order chi connectivity index (χ0) is 10.0. The first-order valence-electron chi connectivity index (χ1n) is 5.01. The Morgan fingerprint density at radius 1 is 1.79 bits per heavy atom. The second-order valence-corrected chi connectivity index (χ2v) is 5.16. The summed E-state index contributed by atoms with van der Waals surface area (Å²) in [4.78, 5) is 5.19. The van der Waals surface area contributed by atoms with Crippen LogP contribution in [0.1, 0.15) is 24.6 Å². The van der Waals surface area contributed by atoms with Crippen molar-refractivity contribution in [2.45, 2.75) is 37.8 Å². The monoisotopic (exact) mass is 212 g/mol. The fraction of sp³-hybridized carbons (Fsp3) is 0.700. The molecule has 0 saturated carbocycles. The molecule has 0 bridgehead atoms. The van der Waals surface area contributed by atoms with Crippen LogP contribution in [0.5, 0.6) is 0 Å². The number of hydrogen-bond acceptors (Lipinski definition) is 4. The molecule has 0 aromatic carbocycles. The smallest absolute Gasteiger partial charge is 0.0820 e. The maximum Gasteiger partial charge on any atom is 0.0820 e. The summed E-state index contributed by atoms with van der Waals surface area (Å²) in [6.07, 6.45) is 4.52. The van der Waals surface area contributed by atoms with E-state index in [0.717, 1.165) is 19.3 Å². The molecule has 78 valence electrons. The summed E-state index contributed by atoms with van der Waals surface area (Å²) in [6.45, 7) is 2.86. The summed E-state index contributed by atoms with van der Waals surface area (Å²) in [6, 6.07) is 0.539. The largest absolute Gasteiger partial charge is 0.388 e. The number of nitrogens with zero attached hydrogens (tertiary/aromatic N) is 1. The van der Waals surface area contributed by atoms with E-state index in [1.165, 1.54) is 4.88 Å². The maximum absolute atomic E-state index is 10.3. The third-order valence-electron chi connectivity index (χ3n) is 2.81. The van der Waals surface area contributed by atoms with Crippen molar-refractivity contribution < 1.29 is 5.11 Å². The molecule has 0 radical (unpaired) electrons. The molecule has 4 heteroatoms. The molecule has 14 heavy (non-hydrogen) atoms. The van der Waals surface area contributed by atoms with Crippen molar-refractivity contribution >= 4 is 11.3 Å². The molecule has 2 atom stereocenters. The Kier molecular flexibility index (Phi) is 2.85. The van der Waals surface area contributed by atoms with E-state index in [4.69, 9.17) is 0 Å². The number of aromatic nitrogens is 1. The third kappa shape index (κ3) is 2.32. The van der Waals surface area contributed by atoms with Gasteiger partial charge in [-0.25, -0.2) is 0 Å². The van der Waals surface area contributed by atoms with E-state index in [-0.39, 0.29) is 0 Å². The Hall–Kier alpha value is -0.450. The average molecular weight is 212 g/mol. The summed E-state index contributed by atoms with van der Waals surface area (Å²) in [5.41, 5.74) is 1.26. The van der Waals surface area contributed by atoms with Crippen LogP contribution >= 0.6 is 11.3 Å². The van der Waals surface area contributed by atoms with Crippen molar-refractivity contribution in [2.24, 2.45) is 0 Å². The van der Waals surface area contributed by atoms with Gasteiger partial charge in [-0.1, -0.05) is 0 Å². The normalized spacial score (nSPS) is 33.1. The first kappa shape index (κ1) is 10.1. The number of rotatable bonds is 2. The molecular formula is C10H16N2OS. The number of β-amino-alcohol motifs (C(OH)–C–C–N with tert-alkyl or cyclic N) is 1. The highest BCUT2D eigenvalue weighted by Gasteiger charge is 2.31. The lowest BCUT2D eigenvalue weighted by atomic mass is 9.88. The quantitative estimate of drug-likeness (QED) is 0.774. The Labute approximate surface area is 88.2 Å². The maximum atomic E-state index is 10.3. The number of hydrogen-bond donors (Lipinski definition) is 2. The van der Waals surface area contributed by atoms with Gasteiger partial charge in [-0.05, 0) is 19.8 Å². The minimum atomic E-state index is -0.557. The molecule has 2 N–H and O–H groups in total. The van der Waals surface area contributed by atoms with Gasteiger partial charge in [0.15, 0.2) is 0 Å². The molecule has 2 heterocycles. The van der Waals surface area contributed by atoms with Crippen LogP contribution in [0.3, 0.4) is 0 Å². The van der Waals surface area contributed by atoms with E-state index in [2.05, 4.69) is 17.2 Å². The van der Waals surface area contributed by atoms with Gasteiger partial charge in [0.1, 0.15) is 0 Å². The van der Waals surface area contributed by atoms with Crippen LogP contribution < -0.4 is 5.32 Å². The summed E-state index contributed by atoms with van der Waals surface area (Å²) >= 11 is 1.62. The molecule has 0 spiro atoms. The van der Waals surface area contributed by atoms with Gasteiger partial charge in [0.2, 0.25) is 0 Å². The number of aliphatic hydroxyl groups is 1. The van der Waals surface area contributed by atoms with Gasteiger partial charge in [0.05, 0.1) is 11.1 Å². The summed E-state index contributed by atoms with van der Waals surface area (Å²) in [5.74, 6) is 0. The van der Waals surface area contributed by atoms with E-state index < -0.39 is 5.60 Å². The van der Waals surface area contributed by atoms with Gasteiger partial charge in [-0.15, -0.1) is 11.3 Å². The molecule has 3 nitrogen and oxygen atoms in total. The number of thiazole rings is 1. The van der Waals surface area contributed by atoms with Crippen molar-refractivity contribution in [3.63, 3.8) is 0 Å². The second kappa shape index (κ2) is 3.96. The van der Waals surface area contributed by atoms with Crippen LogP contribution in [0, 0.1) is 0 Å². The van der Waals surface area contributed by atoms with Crippen LogP contribution in [-0.4, -0.2) is 28.3 Å². The lowest BCUT2D eigenvalue weighted by Gasteiger charge is -2.35. The molecular weight excluding hydrogens is 196 g/mol. The van der Waals surface area contributed by atoms with Crippen molar-refractivity contribution in [3.05, 3.63) is 16.6 Å².